The zero-order chi connectivity index (χ0) is 10.6. The standard InChI is InChI=1S/C10H12O4/c1-14-8-4-2-3-7(5-8)9(6-11)10(12)13/h2-5,9,11H,6H2,1H3,(H,12,13)/t9-/m0/s1. The Balaban J connectivity index is 2.98. The van der Waals surface area contributed by atoms with E-state index in [0.717, 1.165) is 0 Å². The number of carboxylic acid groups (broad SMARTS) is 1. The molecule has 0 aromatic heterocycles. The van der Waals surface area contributed by atoms with E-state index in [1.165, 1.54) is 7.11 Å². The zero-order valence-electron chi connectivity index (χ0n) is 7.80. The summed E-state index contributed by atoms with van der Waals surface area (Å²) in [5.41, 5.74) is 0.541. The lowest BCUT2D eigenvalue weighted by atomic mass is 10.0. The fourth-order valence-electron chi connectivity index (χ4n) is 1.18. The molecule has 0 aliphatic heterocycles. The summed E-state index contributed by atoms with van der Waals surface area (Å²) in [6.07, 6.45) is 0. The van der Waals surface area contributed by atoms with Gasteiger partial charge < -0.3 is 14.9 Å². The topological polar surface area (TPSA) is 66.8 Å². The second kappa shape index (κ2) is 4.62. The normalized spacial score (nSPS) is 12.1. The molecule has 0 aliphatic carbocycles. The molecule has 4 heteroatoms. The fraction of sp³-hybridized carbons (Fsp3) is 0.300. The third-order valence-electron chi connectivity index (χ3n) is 1.98. The monoisotopic (exact) mass is 196 g/mol. The molecule has 0 amide bonds. The number of aliphatic carboxylic acids is 1. The van der Waals surface area contributed by atoms with Gasteiger partial charge in [-0.2, -0.15) is 0 Å². The predicted octanol–water partition coefficient (Wildman–Crippen LogP) is 0.856. The van der Waals surface area contributed by atoms with Gasteiger partial charge in [0.25, 0.3) is 0 Å². The molecule has 0 saturated heterocycles. The van der Waals surface area contributed by atoms with Crippen molar-refractivity contribution in [3.05, 3.63) is 29.8 Å². The van der Waals surface area contributed by atoms with Gasteiger partial charge in [-0.1, -0.05) is 12.1 Å². The first-order valence-electron chi connectivity index (χ1n) is 4.16. The van der Waals surface area contributed by atoms with Crippen LogP contribution < -0.4 is 4.74 Å². The smallest absolute Gasteiger partial charge is 0.313 e. The number of carbonyl (C=O) groups is 1. The van der Waals surface area contributed by atoms with Crippen molar-refractivity contribution in [3.63, 3.8) is 0 Å². The van der Waals surface area contributed by atoms with Gasteiger partial charge in [0.2, 0.25) is 0 Å². The van der Waals surface area contributed by atoms with Gasteiger partial charge in [0, 0.05) is 0 Å². The number of rotatable bonds is 4. The van der Waals surface area contributed by atoms with E-state index in [0.29, 0.717) is 11.3 Å². The minimum absolute atomic E-state index is 0.414. The molecule has 0 spiro atoms. The number of benzene rings is 1. The maximum Gasteiger partial charge on any atom is 0.313 e. The fourth-order valence-corrected chi connectivity index (χ4v) is 1.18. The number of carboxylic acids is 1. The summed E-state index contributed by atoms with van der Waals surface area (Å²) in [5.74, 6) is -1.34. The van der Waals surface area contributed by atoms with Crippen molar-refractivity contribution in [3.8, 4) is 5.75 Å². The van der Waals surface area contributed by atoms with Crippen molar-refractivity contribution >= 4 is 5.97 Å². The first kappa shape index (κ1) is 10.5. The lowest BCUT2D eigenvalue weighted by molar-refractivity contribution is -0.139. The molecule has 0 fully saturated rings. The number of hydrogen-bond acceptors (Lipinski definition) is 3. The second-order valence-electron chi connectivity index (χ2n) is 2.85. The molecule has 0 aliphatic rings. The molecule has 0 bridgehead atoms. The Kier molecular flexibility index (Phi) is 3.48. The summed E-state index contributed by atoms with van der Waals surface area (Å²) in [7, 11) is 1.51. The van der Waals surface area contributed by atoms with Gasteiger partial charge in [0.1, 0.15) is 11.7 Å². The molecule has 0 heterocycles. The van der Waals surface area contributed by atoms with Crippen LogP contribution in [0.5, 0.6) is 5.75 Å². The quantitative estimate of drug-likeness (QED) is 0.749. The first-order valence-corrected chi connectivity index (χ1v) is 4.16. The molecule has 1 rings (SSSR count). The molecule has 0 saturated carbocycles. The number of aliphatic hydroxyl groups excluding tert-OH is 1. The SMILES string of the molecule is COc1cccc([C@H](CO)C(=O)O)c1. The minimum atomic E-state index is -1.04. The lowest BCUT2D eigenvalue weighted by Crippen LogP contribution is -2.15. The highest BCUT2D eigenvalue weighted by atomic mass is 16.5. The molecular weight excluding hydrogens is 184 g/mol. The minimum Gasteiger partial charge on any atom is -0.497 e. The number of hydrogen-bond donors (Lipinski definition) is 2. The van der Waals surface area contributed by atoms with E-state index >= 15 is 0 Å². The Labute approximate surface area is 81.8 Å². The largest absolute Gasteiger partial charge is 0.497 e. The van der Waals surface area contributed by atoms with Crippen molar-refractivity contribution in [1.82, 2.24) is 0 Å². The highest BCUT2D eigenvalue weighted by Gasteiger charge is 2.18. The Morgan fingerprint density at radius 3 is 2.79 bits per heavy atom. The van der Waals surface area contributed by atoms with Gasteiger partial charge >= 0.3 is 5.97 Å². The van der Waals surface area contributed by atoms with E-state index in [1.54, 1.807) is 24.3 Å². The van der Waals surface area contributed by atoms with Crippen LogP contribution in [0, 0.1) is 0 Å². The summed E-state index contributed by atoms with van der Waals surface area (Å²) < 4.78 is 4.95. The molecule has 1 aromatic rings. The molecule has 1 aromatic carbocycles. The van der Waals surface area contributed by atoms with Gasteiger partial charge in [-0.05, 0) is 17.7 Å². The Morgan fingerprint density at radius 2 is 2.29 bits per heavy atom. The molecule has 76 valence electrons. The molecule has 0 unspecified atom stereocenters. The third kappa shape index (κ3) is 2.23. The molecule has 1 atom stereocenters. The van der Waals surface area contributed by atoms with Crippen LogP contribution in [-0.2, 0) is 4.79 Å². The average molecular weight is 196 g/mol. The highest BCUT2D eigenvalue weighted by molar-refractivity contribution is 5.76. The van der Waals surface area contributed by atoms with E-state index in [4.69, 9.17) is 14.9 Å². The van der Waals surface area contributed by atoms with E-state index in [9.17, 15) is 4.79 Å². The highest BCUT2D eigenvalue weighted by Crippen LogP contribution is 2.20. The van der Waals surface area contributed by atoms with Gasteiger partial charge in [-0.15, -0.1) is 0 Å². The predicted molar refractivity (Wildman–Crippen MR) is 50.5 cm³/mol. The van der Waals surface area contributed by atoms with Crippen LogP contribution in [0.15, 0.2) is 24.3 Å². The Hall–Kier alpha value is -1.55. The number of methoxy groups -OCH3 is 1. The van der Waals surface area contributed by atoms with Crippen LogP contribution in [0.1, 0.15) is 11.5 Å². The van der Waals surface area contributed by atoms with Crippen LogP contribution in [0.4, 0.5) is 0 Å². The van der Waals surface area contributed by atoms with Crippen LogP contribution in [0.25, 0.3) is 0 Å². The number of ether oxygens (including phenoxy) is 1. The van der Waals surface area contributed by atoms with E-state index in [1.807, 2.05) is 0 Å². The molecule has 0 radical (unpaired) electrons. The molecular formula is C10H12O4. The summed E-state index contributed by atoms with van der Waals surface area (Å²) in [6, 6.07) is 6.67. The van der Waals surface area contributed by atoms with Crippen molar-refractivity contribution in [2.45, 2.75) is 5.92 Å². The Bertz CT molecular complexity index is 322. The number of aliphatic hydroxyl groups is 1. The van der Waals surface area contributed by atoms with Crippen molar-refractivity contribution < 1.29 is 19.7 Å². The van der Waals surface area contributed by atoms with Crippen LogP contribution in [0.3, 0.4) is 0 Å². The van der Waals surface area contributed by atoms with Gasteiger partial charge in [-0.25, -0.2) is 0 Å². The average Bonchev–Trinajstić information content (AvgIpc) is 2.19. The van der Waals surface area contributed by atoms with E-state index < -0.39 is 18.5 Å². The van der Waals surface area contributed by atoms with Crippen LogP contribution in [-0.4, -0.2) is 29.9 Å². The maximum absolute atomic E-state index is 10.7. The third-order valence-corrected chi connectivity index (χ3v) is 1.98. The van der Waals surface area contributed by atoms with Crippen LogP contribution in [0.2, 0.25) is 0 Å². The van der Waals surface area contributed by atoms with Gasteiger partial charge in [0.05, 0.1) is 13.7 Å². The molecule has 2 N–H and O–H groups in total. The van der Waals surface area contributed by atoms with E-state index in [2.05, 4.69) is 0 Å². The maximum atomic E-state index is 10.7. The molecule has 14 heavy (non-hydrogen) atoms. The summed E-state index contributed by atoms with van der Waals surface area (Å²) in [4.78, 5) is 10.7. The second-order valence-corrected chi connectivity index (χ2v) is 2.85. The van der Waals surface area contributed by atoms with Gasteiger partial charge in [0.15, 0.2) is 0 Å². The zero-order valence-corrected chi connectivity index (χ0v) is 7.80. The summed E-state index contributed by atoms with van der Waals surface area (Å²) >= 11 is 0. The van der Waals surface area contributed by atoms with Crippen molar-refractivity contribution in [1.29, 1.82) is 0 Å². The summed E-state index contributed by atoms with van der Waals surface area (Å²) in [5, 5.41) is 17.7. The Morgan fingerprint density at radius 1 is 1.57 bits per heavy atom. The van der Waals surface area contributed by atoms with Crippen LogP contribution >= 0.6 is 0 Å². The van der Waals surface area contributed by atoms with Gasteiger partial charge in [-0.3, -0.25) is 4.79 Å². The lowest BCUT2D eigenvalue weighted by Gasteiger charge is -2.10. The summed E-state index contributed by atoms with van der Waals surface area (Å²) in [6.45, 7) is -0.414. The van der Waals surface area contributed by atoms with Crippen molar-refractivity contribution in [2.24, 2.45) is 0 Å². The van der Waals surface area contributed by atoms with Crippen molar-refractivity contribution in [2.75, 3.05) is 13.7 Å². The molecule has 4 nitrogen and oxygen atoms in total. The van der Waals surface area contributed by atoms with E-state index in [-0.39, 0.29) is 0 Å². The first-order chi connectivity index (χ1) is 6.69.